The van der Waals surface area contributed by atoms with Crippen molar-refractivity contribution in [3.63, 3.8) is 0 Å². The summed E-state index contributed by atoms with van der Waals surface area (Å²) in [6, 6.07) is 0. The molecule has 0 aromatic carbocycles. The summed E-state index contributed by atoms with van der Waals surface area (Å²) >= 11 is 0. The molecule has 0 unspecified atom stereocenters. The van der Waals surface area contributed by atoms with Crippen molar-refractivity contribution in [2.75, 3.05) is 0 Å². The minimum absolute atomic E-state index is 1.44. The average molecular weight is 258 g/mol. The van der Waals surface area contributed by atoms with E-state index in [4.69, 9.17) is 23.3 Å². The van der Waals surface area contributed by atoms with Crippen LogP contribution in [0.1, 0.15) is 0 Å². The Morgan fingerprint density at radius 2 is 0.786 bits per heavy atom. The fourth-order valence-electron chi connectivity index (χ4n) is 0.611. The summed E-state index contributed by atoms with van der Waals surface area (Å²) in [4.78, 5) is 34.7. The van der Waals surface area contributed by atoms with E-state index >= 15 is 0 Å². The van der Waals surface area contributed by atoms with Crippen molar-refractivity contribution in [3.8, 4) is 0 Å². The molecule has 14 heavy (non-hydrogen) atoms. The maximum absolute atomic E-state index is 9.14. The maximum Gasteiger partial charge on any atom is 0.326 e. The molecule has 0 atom stereocenters. The third kappa shape index (κ3) is 39.2. The molecule has 88 valence electrons. The van der Waals surface area contributed by atoms with Crippen molar-refractivity contribution in [1.29, 1.82) is 0 Å². The molecule has 8 heteroatoms. The quantitative estimate of drug-likeness (QED) is 0.526. The minimum Gasteiger partial charge on any atom is -0.415 e. The Labute approximate surface area is 88.7 Å². The molecule has 0 aliphatic carbocycles. The second-order valence-corrected chi connectivity index (χ2v) is 14.1. The molecule has 0 saturated carbocycles. The molecule has 0 amide bonds. The Hall–Kier alpha value is 0.451. The normalized spacial score (nSPS) is 13.3. The fourth-order valence-corrected chi connectivity index (χ4v) is 5.50. The van der Waals surface area contributed by atoms with Crippen LogP contribution in [0.5, 0.6) is 0 Å². The largest absolute Gasteiger partial charge is 0.415 e. The van der Waals surface area contributed by atoms with Crippen LogP contribution in [0.3, 0.4) is 0 Å². The monoisotopic (exact) mass is 258 g/mol. The number of rotatable bonds is 2. The lowest BCUT2D eigenvalue weighted by atomic mass is 11.9. The lowest BCUT2D eigenvalue weighted by Gasteiger charge is -2.23. The summed E-state index contributed by atoms with van der Waals surface area (Å²) in [5.74, 6) is 0. The van der Waals surface area contributed by atoms with E-state index in [2.05, 4.69) is 0 Å². The van der Waals surface area contributed by atoms with Crippen LogP contribution in [0, 0.1) is 0 Å². The van der Waals surface area contributed by atoms with Gasteiger partial charge in [-0.15, -0.1) is 0 Å². The van der Waals surface area contributed by atoms with Gasteiger partial charge in [-0.25, -0.2) is 0 Å². The standard InChI is InChI=1S/C4H14O3Si2.C2H8O2Si/c1-8(2,5)7-9(3,4)6;1-5(2,3)4/h5-6H,1-4H3;3-4H,1-2H3. The number of hydrogen-bond acceptors (Lipinski definition) is 5. The van der Waals surface area contributed by atoms with Gasteiger partial charge in [0.1, 0.15) is 0 Å². The van der Waals surface area contributed by atoms with Crippen LogP contribution >= 0.6 is 0 Å². The van der Waals surface area contributed by atoms with Crippen LogP contribution in [-0.2, 0) is 4.12 Å². The molecular weight excluding hydrogens is 236 g/mol. The zero-order valence-corrected chi connectivity index (χ0v) is 12.7. The Bertz CT molecular complexity index is 136. The Kier molecular flexibility index (Phi) is 6.64. The van der Waals surface area contributed by atoms with Crippen molar-refractivity contribution in [2.24, 2.45) is 0 Å². The second-order valence-electron chi connectivity index (χ2n) is 4.49. The summed E-state index contributed by atoms with van der Waals surface area (Å²) in [7, 11) is -7.57. The van der Waals surface area contributed by atoms with Crippen LogP contribution in [0.25, 0.3) is 0 Å². The molecule has 0 aliphatic rings. The molecule has 0 fully saturated rings. The van der Waals surface area contributed by atoms with Crippen LogP contribution in [0.4, 0.5) is 0 Å². The molecular formula is C6H22O5Si3. The second kappa shape index (κ2) is 5.51. The molecule has 0 bridgehead atoms. The molecule has 0 heterocycles. The smallest absolute Gasteiger partial charge is 0.326 e. The zero-order valence-electron chi connectivity index (χ0n) is 9.70. The summed E-state index contributed by atoms with van der Waals surface area (Å²) < 4.78 is 5.01. The maximum atomic E-state index is 9.14. The van der Waals surface area contributed by atoms with Crippen molar-refractivity contribution in [2.45, 2.75) is 39.3 Å². The molecule has 0 aromatic heterocycles. The van der Waals surface area contributed by atoms with E-state index in [0.717, 1.165) is 0 Å². The first kappa shape index (κ1) is 16.9. The van der Waals surface area contributed by atoms with Gasteiger partial charge >= 0.3 is 25.7 Å². The topological polar surface area (TPSA) is 90.2 Å². The van der Waals surface area contributed by atoms with E-state index in [1.54, 1.807) is 26.2 Å². The van der Waals surface area contributed by atoms with Gasteiger partial charge in [-0.2, -0.15) is 0 Å². The highest BCUT2D eigenvalue weighted by Gasteiger charge is 2.30. The lowest BCUT2D eigenvalue weighted by Crippen LogP contribution is -2.44. The highest BCUT2D eigenvalue weighted by atomic mass is 28.5. The van der Waals surface area contributed by atoms with Crippen molar-refractivity contribution in [1.82, 2.24) is 0 Å². The van der Waals surface area contributed by atoms with Crippen LogP contribution in [0.2, 0.25) is 39.3 Å². The van der Waals surface area contributed by atoms with Crippen molar-refractivity contribution < 1.29 is 23.3 Å². The molecule has 0 saturated heterocycles. The lowest BCUT2D eigenvalue weighted by molar-refractivity contribution is 0.322. The summed E-state index contributed by atoms with van der Waals surface area (Å²) in [6.07, 6.45) is 0. The Morgan fingerprint density at radius 3 is 0.786 bits per heavy atom. The van der Waals surface area contributed by atoms with E-state index in [0.29, 0.717) is 0 Å². The fraction of sp³-hybridized carbons (Fsp3) is 1.00. The van der Waals surface area contributed by atoms with Gasteiger partial charge in [-0.1, -0.05) is 0 Å². The molecule has 5 nitrogen and oxygen atoms in total. The predicted molar refractivity (Wildman–Crippen MR) is 62.4 cm³/mol. The number of hydrogen-bond donors (Lipinski definition) is 4. The van der Waals surface area contributed by atoms with E-state index in [1.807, 2.05) is 0 Å². The van der Waals surface area contributed by atoms with E-state index in [1.165, 1.54) is 13.1 Å². The molecule has 0 rings (SSSR count). The van der Waals surface area contributed by atoms with Gasteiger partial charge in [0.05, 0.1) is 0 Å². The van der Waals surface area contributed by atoms with Crippen LogP contribution in [0.15, 0.2) is 0 Å². The van der Waals surface area contributed by atoms with Crippen LogP contribution < -0.4 is 0 Å². The van der Waals surface area contributed by atoms with Gasteiger partial charge in [0.25, 0.3) is 0 Å². The summed E-state index contributed by atoms with van der Waals surface area (Å²) in [6.45, 7) is 9.42. The molecule has 0 aromatic rings. The Balaban J connectivity index is 0. The van der Waals surface area contributed by atoms with Gasteiger partial charge in [-0.3, -0.25) is 0 Å². The first-order valence-electron chi connectivity index (χ1n) is 4.30. The van der Waals surface area contributed by atoms with E-state index in [-0.39, 0.29) is 0 Å². The highest BCUT2D eigenvalue weighted by molar-refractivity contribution is 6.77. The van der Waals surface area contributed by atoms with Crippen molar-refractivity contribution >= 4 is 25.7 Å². The molecule has 4 N–H and O–H groups in total. The minimum atomic E-state index is -2.61. The molecule has 0 spiro atoms. The van der Waals surface area contributed by atoms with E-state index < -0.39 is 25.7 Å². The average Bonchev–Trinajstić information content (AvgIpc) is 1.42. The van der Waals surface area contributed by atoms with Gasteiger partial charge < -0.3 is 23.3 Å². The highest BCUT2D eigenvalue weighted by Crippen LogP contribution is 2.07. The van der Waals surface area contributed by atoms with Gasteiger partial charge in [0.15, 0.2) is 0 Å². The van der Waals surface area contributed by atoms with Gasteiger partial charge in [0, 0.05) is 0 Å². The van der Waals surface area contributed by atoms with Crippen LogP contribution in [-0.4, -0.2) is 44.9 Å². The Morgan fingerprint density at radius 1 is 0.643 bits per heavy atom. The zero-order chi connectivity index (χ0) is 12.2. The van der Waals surface area contributed by atoms with Gasteiger partial charge in [-0.05, 0) is 39.3 Å². The van der Waals surface area contributed by atoms with Gasteiger partial charge in [0.2, 0.25) is 0 Å². The molecule has 0 radical (unpaired) electrons. The van der Waals surface area contributed by atoms with Crippen molar-refractivity contribution in [3.05, 3.63) is 0 Å². The molecule has 0 aliphatic heterocycles. The van der Waals surface area contributed by atoms with E-state index in [9.17, 15) is 0 Å². The SMILES string of the molecule is C[Si](C)(O)O.C[Si](C)(O)O[Si](C)(C)O. The summed E-state index contributed by atoms with van der Waals surface area (Å²) in [5, 5.41) is 0. The summed E-state index contributed by atoms with van der Waals surface area (Å²) in [5.41, 5.74) is 0. The predicted octanol–water partition coefficient (Wildman–Crippen LogP) is 0.0640. The first-order chi connectivity index (χ1) is 5.71. The first-order valence-corrected chi connectivity index (χ1v) is 12.9. The third-order valence-electron chi connectivity index (χ3n) is 0.500. The third-order valence-corrected chi connectivity index (χ3v) is 4.50.